The first-order valence-corrected chi connectivity index (χ1v) is 40.0. The molecule has 0 aliphatic carbocycles. The Balaban J connectivity index is 3.99. The lowest BCUT2D eigenvalue weighted by Crippen LogP contribution is -2.37. The summed E-state index contributed by atoms with van der Waals surface area (Å²) in [4.78, 5) is 38.2. The summed E-state index contributed by atoms with van der Waals surface area (Å²) in [5.74, 6) is -0.836. The Morgan fingerprint density at radius 3 is 0.851 bits per heavy atom. The lowest BCUT2D eigenvalue weighted by Gasteiger charge is -2.28. The third-order valence-electron chi connectivity index (χ3n) is 16.4. The quantitative estimate of drug-likeness (QED) is 0.0195. The van der Waals surface area contributed by atoms with Gasteiger partial charge in [-0.3, -0.25) is 14.2 Å². The Morgan fingerprint density at radius 2 is 0.574 bits per heavy atom. The number of esters is 2. The number of likely N-dealkylation sites (N-methyl/N-ethyl adjacent to an activating group) is 1. The Bertz CT molecular complexity index is 2100. The second kappa shape index (κ2) is 73.1. The van der Waals surface area contributed by atoms with Crippen LogP contribution in [0.3, 0.4) is 0 Å². The van der Waals surface area contributed by atoms with Gasteiger partial charge in [-0.25, -0.2) is 0 Å². The van der Waals surface area contributed by atoms with Crippen LogP contribution in [0.1, 0.15) is 322 Å². The highest BCUT2D eigenvalue weighted by Crippen LogP contribution is 2.38. The average Bonchev–Trinajstić information content (AvgIpc) is 1.66. The summed E-state index contributed by atoms with van der Waals surface area (Å²) in [7, 11) is 1.16. The van der Waals surface area contributed by atoms with Crippen LogP contribution < -0.4 is 4.89 Å². The summed E-state index contributed by atoms with van der Waals surface area (Å²) < 4.78 is 34.4. The number of hydrogen-bond acceptors (Lipinski definition) is 8. The third-order valence-corrected chi connectivity index (χ3v) is 17.3. The van der Waals surface area contributed by atoms with Crippen molar-refractivity contribution in [1.29, 1.82) is 0 Å². The first-order valence-electron chi connectivity index (χ1n) is 38.5. The number of carbonyl (C=O) groups excluding carboxylic acids is 2. The van der Waals surface area contributed by atoms with E-state index in [0.29, 0.717) is 17.4 Å². The number of phosphoric ester groups is 1. The van der Waals surface area contributed by atoms with E-state index in [1.165, 1.54) is 167 Å². The molecule has 10 heteroatoms. The van der Waals surface area contributed by atoms with Crippen molar-refractivity contribution >= 4 is 19.8 Å². The first-order chi connectivity index (χ1) is 46.0. The van der Waals surface area contributed by atoms with E-state index in [-0.39, 0.29) is 32.0 Å². The molecular formula is C84H144NO8P. The van der Waals surface area contributed by atoms with Crippen LogP contribution in [0.4, 0.5) is 0 Å². The van der Waals surface area contributed by atoms with E-state index in [1.54, 1.807) is 0 Å². The minimum Gasteiger partial charge on any atom is -0.756 e. The standard InChI is InChI=1S/C84H144NO8P/c1-6-8-10-12-14-16-18-20-22-24-26-28-30-32-34-36-38-39-40-41-42-43-44-45-47-48-50-52-54-56-58-60-62-64-66-68-70-72-74-76-83(86)90-80-82(81-92-94(88,89)91-79-78-85(3,4)5)93-84(87)77-75-73-71-69-67-65-63-61-59-57-55-53-51-49-46-37-35-33-31-29-27-25-23-21-19-17-15-13-11-9-7-2/h8-11,14-17,20-23,26-29,32-35,46,49,53,55,82H,6-7,12-13,18-19,24-25,30-31,36-45,47-48,50-52,54,56-81H2,1-5H3/b10-8-,11-9-,16-14-,17-15-,22-20-,23-21-,28-26-,29-27-,34-32-,35-33-,49-46-,55-53-. The number of quaternary nitrogens is 1. The van der Waals surface area contributed by atoms with Crippen molar-refractivity contribution < 1.29 is 42.1 Å². The van der Waals surface area contributed by atoms with Gasteiger partial charge in [-0.15, -0.1) is 0 Å². The van der Waals surface area contributed by atoms with Crippen molar-refractivity contribution in [3.63, 3.8) is 0 Å². The summed E-state index contributed by atoms with van der Waals surface area (Å²) in [6.07, 6.45) is 108. The summed E-state index contributed by atoms with van der Waals surface area (Å²) >= 11 is 0. The number of nitrogens with zero attached hydrogens (tertiary/aromatic N) is 1. The molecule has 0 heterocycles. The highest BCUT2D eigenvalue weighted by atomic mass is 31.2. The van der Waals surface area contributed by atoms with Crippen LogP contribution in [0.25, 0.3) is 0 Å². The monoisotopic (exact) mass is 1330 g/mol. The molecule has 0 saturated heterocycles. The van der Waals surface area contributed by atoms with E-state index < -0.39 is 26.5 Å². The predicted octanol–water partition coefficient (Wildman–Crippen LogP) is 25.1. The SMILES string of the molecule is CC/C=C\C/C=C\C/C=C\C/C=C\C/C=C\C/C=C\C/C=C\CCCCCCCCCCCC(=O)OC(COC(=O)CCCCCCCCCCCCCCCCCCCCCCCCC/C=C\C/C=C\C/C=C\C/C=C\C/C=C\CC)COP(=O)([O-])OCC[N+](C)(C)C. The molecular weight excluding hydrogens is 1180 g/mol. The summed E-state index contributed by atoms with van der Waals surface area (Å²) in [6, 6.07) is 0. The Kier molecular flexibility index (Phi) is 69.9. The zero-order chi connectivity index (χ0) is 68.3. The first kappa shape index (κ1) is 89.9. The van der Waals surface area contributed by atoms with Gasteiger partial charge in [-0.05, 0) is 116 Å². The number of hydrogen-bond donors (Lipinski definition) is 0. The second-order valence-electron chi connectivity index (χ2n) is 26.6. The van der Waals surface area contributed by atoms with Crippen molar-refractivity contribution in [2.45, 2.75) is 328 Å². The van der Waals surface area contributed by atoms with Gasteiger partial charge in [0.15, 0.2) is 6.10 Å². The zero-order valence-corrected chi connectivity index (χ0v) is 62.3. The molecule has 0 rings (SSSR count). The molecule has 2 unspecified atom stereocenters. The second-order valence-corrected chi connectivity index (χ2v) is 28.0. The molecule has 0 radical (unpaired) electrons. The van der Waals surface area contributed by atoms with Crippen molar-refractivity contribution in [3.8, 4) is 0 Å². The fourth-order valence-corrected chi connectivity index (χ4v) is 11.3. The van der Waals surface area contributed by atoms with Gasteiger partial charge in [0.1, 0.15) is 19.8 Å². The van der Waals surface area contributed by atoms with E-state index in [2.05, 4.69) is 160 Å². The maximum Gasteiger partial charge on any atom is 0.306 e. The van der Waals surface area contributed by atoms with Gasteiger partial charge in [0.05, 0.1) is 27.7 Å². The highest BCUT2D eigenvalue weighted by Gasteiger charge is 2.22. The molecule has 2 atom stereocenters. The maximum atomic E-state index is 12.9. The fraction of sp³-hybridized carbons (Fsp3) is 0.690. The van der Waals surface area contributed by atoms with Crippen LogP contribution in [0.15, 0.2) is 146 Å². The Morgan fingerprint density at radius 1 is 0.330 bits per heavy atom. The number of ether oxygens (including phenoxy) is 2. The normalized spacial score (nSPS) is 13.9. The van der Waals surface area contributed by atoms with Gasteiger partial charge in [0, 0.05) is 12.8 Å². The maximum absolute atomic E-state index is 12.9. The van der Waals surface area contributed by atoms with Crippen LogP contribution in [0.2, 0.25) is 0 Å². The van der Waals surface area contributed by atoms with Crippen molar-refractivity contribution in [2.75, 3.05) is 47.5 Å². The molecule has 0 spiro atoms. The summed E-state index contributed by atoms with van der Waals surface area (Å²) in [5.41, 5.74) is 0. The van der Waals surface area contributed by atoms with Crippen LogP contribution in [0.5, 0.6) is 0 Å². The molecule has 0 bridgehead atoms. The van der Waals surface area contributed by atoms with E-state index in [9.17, 15) is 19.0 Å². The van der Waals surface area contributed by atoms with Gasteiger partial charge in [0.25, 0.3) is 7.82 Å². The van der Waals surface area contributed by atoms with Crippen molar-refractivity contribution in [1.82, 2.24) is 0 Å². The molecule has 0 aromatic carbocycles. The molecule has 94 heavy (non-hydrogen) atoms. The lowest BCUT2D eigenvalue weighted by molar-refractivity contribution is -0.870. The van der Waals surface area contributed by atoms with Crippen LogP contribution in [-0.2, 0) is 32.7 Å². The highest BCUT2D eigenvalue weighted by molar-refractivity contribution is 7.45. The molecule has 0 aromatic heterocycles. The van der Waals surface area contributed by atoms with Gasteiger partial charge in [0.2, 0.25) is 0 Å². The Hall–Kier alpha value is -4.11. The van der Waals surface area contributed by atoms with E-state index in [4.69, 9.17) is 18.5 Å². The van der Waals surface area contributed by atoms with Crippen LogP contribution >= 0.6 is 7.82 Å². The van der Waals surface area contributed by atoms with E-state index >= 15 is 0 Å². The topological polar surface area (TPSA) is 111 Å². The number of allylic oxidation sites excluding steroid dienone is 24. The number of unbranched alkanes of at least 4 members (excludes halogenated alkanes) is 32. The fourth-order valence-electron chi connectivity index (χ4n) is 10.5. The molecule has 9 nitrogen and oxygen atoms in total. The van der Waals surface area contributed by atoms with Crippen molar-refractivity contribution in [2.24, 2.45) is 0 Å². The minimum atomic E-state index is -4.65. The smallest absolute Gasteiger partial charge is 0.306 e. The number of carbonyl (C=O) groups is 2. The molecule has 0 aliphatic rings. The third kappa shape index (κ3) is 76.9. The summed E-state index contributed by atoms with van der Waals surface area (Å²) in [5, 5.41) is 0. The van der Waals surface area contributed by atoms with Crippen LogP contribution in [0, 0.1) is 0 Å². The molecule has 0 aromatic rings. The number of phosphoric acid groups is 1. The lowest BCUT2D eigenvalue weighted by atomic mass is 10.0. The number of rotatable bonds is 70. The minimum absolute atomic E-state index is 0.0368. The molecule has 0 amide bonds. The van der Waals surface area contributed by atoms with Gasteiger partial charge in [-0.2, -0.15) is 0 Å². The van der Waals surface area contributed by atoms with E-state index in [1.807, 2.05) is 21.1 Å². The summed E-state index contributed by atoms with van der Waals surface area (Å²) in [6.45, 7) is 4.03. The van der Waals surface area contributed by atoms with E-state index in [0.717, 1.165) is 122 Å². The molecule has 0 saturated carbocycles. The zero-order valence-electron chi connectivity index (χ0n) is 61.4. The largest absolute Gasteiger partial charge is 0.756 e. The van der Waals surface area contributed by atoms with Gasteiger partial charge < -0.3 is 27.9 Å². The molecule has 0 fully saturated rings. The average molecular weight is 1330 g/mol. The van der Waals surface area contributed by atoms with Crippen molar-refractivity contribution in [3.05, 3.63) is 146 Å². The molecule has 0 N–H and O–H groups in total. The Labute approximate surface area is 580 Å². The van der Waals surface area contributed by atoms with Gasteiger partial charge in [-0.1, -0.05) is 339 Å². The molecule has 538 valence electrons. The van der Waals surface area contributed by atoms with Gasteiger partial charge >= 0.3 is 11.9 Å². The van der Waals surface area contributed by atoms with Crippen LogP contribution in [-0.4, -0.2) is 70.0 Å². The molecule has 0 aliphatic heterocycles. The predicted molar refractivity (Wildman–Crippen MR) is 406 cm³/mol.